The molecule has 2 heterocycles. The predicted molar refractivity (Wildman–Crippen MR) is 72.6 cm³/mol. The minimum Gasteiger partial charge on any atom is -0.378 e. The van der Waals surface area contributed by atoms with Crippen molar-refractivity contribution >= 4 is 0 Å². The van der Waals surface area contributed by atoms with Gasteiger partial charge >= 0.3 is 0 Å². The van der Waals surface area contributed by atoms with Gasteiger partial charge in [0.1, 0.15) is 0 Å². The molecular weight excluding hydrogens is 226 g/mol. The maximum Gasteiger partial charge on any atom is 0.0622 e. The van der Waals surface area contributed by atoms with Crippen molar-refractivity contribution in [3.05, 3.63) is 0 Å². The van der Waals surface area contributed by atoms with E-state index in [0.29, 0.717) is 6.04 Å². The molecule has 0 bridgehead atoms. The highest BCUT2D eigenvalue weighted by atomic mass is 16.5. The van der Waals surface area contributed by atoms with E-state index >= 15 is 0 Å². The van der Waals surface area contributed by atoms with E-state index in [1.807, 2.05) is 0 Å². The Morgan fingerprint density at radius 1 is 1.33 bits per heavy atom. The van der Waals surface area contributed by atoms with Crippen molar-refractivity contribution in [2.75, 3.05) is 39.4 Å². The molecular formula is C14H27N3O. The lowest BCUT2D eigenvalue weighted by Gasteiger charge is -2.47. The summed E-state index contributed by atoms with van der Waals surface area (Å²) in [5.74, 6) is 0. The fourth-order valence-corrected chi connectivity index (χ4v) is 3.78. The Balaban J connectivity index is 1.73. The van der Waals surface area contributed by atoms with Gasteiger partial charge in [-0.15, -0.1) is 0 Å². The molecule has 2 unspecified atom stereocenters. The van der Waals surface area contributed by atoms with E-state index in [2.05, 4.69) is 16.7 Å². The molecule has 0 aromatic carbocycles. The molecule has 18 heavy (non-hydrogen) atoms. The third kappa shape index (κ3) is 2.20. The Bertz CT molecular complexity index is 295. The number of ether oxygens (including phenoxy) is 1. The molecule has 2 atom stereocenters. The summed E-state index contributed by atoms with van der Waals surface area (Å²) in [6.45, 7) is 8.33. The van der Waals surface area contributed by atoms with Crippen molar-refractivity contribution < 1.29 is 4.74 Å². The minimum absolute atomic E-state index is 0.229. The lowest BCUT2D eigenvalue weighted by atomic mass is 9.92. The number of nitrogens with zero attached hydrogens (tertiary/aromatic N) is 2. The molecule has 4 heteroatoms. The highest BCUT2D eigenvalue weighted by Gasteiger charge is 2.47. The topological polar surface area (TPSA) is 41.7 Å². The van der Waals surface area contributed by atoms with E-state index in [9.17, 15) is 0 Å². The smallest absolute Gasteiger partial charge is 0.0622 e. The Labute approximate surface area is 110 Å². The summed E-state index contributed by atoms with van der Waals surface area (Å²) in [6.07, 6.45) is 5.23. The number of nitrogens with two attached hydrogens (primary N) is 1. The third-order valence-corrected chi connectivity index (χ3v) is 5.11. The first-order valence-corrected chi connectivity index (χ1v) is 7.58. The monoisotopic (exact) mass is 253 g/mol. The van der Waals surface area contributed by atoms with E-state index in [1.165, 1.54) is 38.8 Å². The highest BCUT2D eigenvalue weighted by Crippen LogP contribution is 2.37. The van der Waals surface area contributed by atoms with Crippen molar-refractivity contribution in [2.45, 2.75) is 50.2 Å². The Hall–Kier alpha value is -0.160. The Morgan fingerprint density at radius 3 is 2.83 bits per heavy atom. The second-order valence-corrected chi connectivity index (χ2v) is 6.21. The average Bonchev–Trinajstić information content (AvgIpc) is 3.19. The Kier molecular flexibility index (Phi) is 3.63. The van der Waals surface area contributed by atoms with Gasteiger partial charge in [0, 0.05) is 43.8 Å². The van der Waals surface area contributed by atoms with Crippen LogP contribution in [-0.2, 0) is 4.74 Å². The molecule has 3 aliphatic rings. The molecule has 3 rings (SSSR count). The first kappa shape index (κ1) is 12.9. The van der Waals surface area contributed by atoms with Gasteiger partial charge < -0.3 is 10.5 Å². The second-order valence-electron chi connectivity index (χ2n) is 6.21. The molecule has 2 saturated heterocycles. The second kappa shape index (κ2) is 5.08. The summed E-state index contributed by atoms with van der Waals surface area (Å²) in [6, 6.07) is 1.45. The van der Waals surface area contributed by atoms with E-state index in [0.717, 1.165) is 32.3 Å². The van der Waals surface area contributed by atoms with Crippen LogP contribution in [0.5, 0.6) is 0 Å². The van der Waals surface area contributed by atoms with Crippen LogP contribution >= 0.6 is 0 Å². The van der Waals surface area contributed by atoms with Crippen LogP contribution in [0.4, 0.5) is 0 Å². The van der Waals surface area contributed by atoms with Gasteiger partial charge in [-0.25, -0.2) is 0 Å². The highest BCUT2D eigenvalue weighted by molar-refractivity contribution is 5.05. The molecule has 1 saturated carbocycles. The summed E-state index contributed by atoms with van der Waals surface area (Å²) in [5, 5.41) is 0. The lowest BCUT2D eigenvalue weighted by Crippen LogP contribution is -2.62. The number of morpholine rings is 1. The number of hydrogen-bond donors (Lipinski definition) is 1. The zero-order chi connectivity index (χ0) is 12.6. The summed E-state index contributed by atoms with van der Waals surface area (Å²) in [7, 11) is 0. The quantitative estimate of drug-likeness (QED) is 0.799. The standard InChI is InChI=1S/C14H27N3O/c1-2-12-9-18-8-7-17(12)14(10-15)5-6-16(11-14)13-3-4-13/h12-13H,2-11,15H2,1H3. The van der Waals surface area contributed by atoms with Crippen LogP contribution in [0.15, 0.2) is 0 Å². The zero-order valence-electron chi connectivity index (χ0n) is 11.6. The maximum absolute atomic E-state index is 6.19. The van der Waals surface area contributed by atoms with Crippen LogP contribution in [0.3, 0.4) is 0 Å². The van der Waals surface area contributed by atoms with Gasteiger partial charge in [-0.1, -0.05) is 6.92 Å². The van der Waals surface area contributed by atoms with Gasteiger partial charge in [-0.3, -0.25) is 9.80 Å². The maximum atomic E-state index is 6.19. The van der Waals surface area contributed by atoms with Gasteiger partial charge in [0.25, 0.3) is 0 Å². The first-order valence-electron chi connectivity index (χ1n) is 7.58. The zero-order valence-corrected chi connectivity index (χ0v) is 11.6. The number of rotatable bonds is 4. The van der Waals surface area contributed by atoms with Crippen LogP contribution in [0.1, 0.15) is 32.6 Å². The van der Waals surface area contributed by atoms with Crippen molar-refractivity contribution in [3.63, 3.8) is 0 Å². The van der Waals surface area contributed by atoms with E-state index < -0.39 is 0 Å². The minimum atomic E-state index is 0.229. The van der Waals surface area contributed by atoms with Crippen LogP contribution in [0.2, 0.25) is 0 Å². The summed E-state index contributed by atoms with van der Waals surface area (Å²) in [5.41, 5.74) is 6.42. The van der Waals surface area contributed by atoms with Gasteiger partial charge in [-0.2, -0.15) is 0 Å². The number of hydrogen-bond acceptors (Lipinski definition) is 4. The molecule has 1 aliphatic carbocycles. The molecule has 104 valence electrons. The van der Waals surface area contributed by atoms with Gasteiger partial charge in [-0.05, 0) is 25.7 Å². The summed E-state index contributed by atoms with van der Waals surface area (Å²) in [4.78, 5) is 5.36. The first-order chi connectivity index (χ1) is 8.79. The molecule has 0 aromatic rings. The molecule has 2 N–H and O–H groups in total. The normalized spacial score (nSPS) is 39.3. The van der Waals surface area contributed by atoms with E-state index in [-0.39, 0.29) is 5.54 Å². The van der Waals surface area contributed by atoms with Crippen LogP contribution < -0.4 is 5.73 Å². The van der Waals surface area contributed by atoms with Crippen LogP contribution in [-0.4, -0.2) is 66.8 Å². The summed E-state index contributed by atoms with van der Waals surface area (Å²) < 4.78 is 5.64. The van der Waals surface area contributed by atoms with Gasteiger partial charge in [0.05, 0.1) is 13.2 Å². The predicted octanol–water partition coefficient (Wildman–Crippen LogP) is 0.663. The molecule has 2 aliphatic heterocycles. The van der Waals surface area contributed by atoms with E-state index in [4.69, 9.17) is 10.5 Å². The van der Waals surface area contributed by atoms with Gasteiger partial charge in [0.2, 0.25) is 0 Å². The molecule has 0 amide bonds. The Morgan fingerprint density at radius 2 is 2.17 bits per heavy atom. The van der Waals surface area contributed by atoms with Crippen molar-refractivity contribution in [2.24, 2.45) is 5.73 Å². The fourth-order valence-electron chi connectivity index (χ4n) is 3.78. The molecule has 3 fully saturated rings. The molecule has 0 radical (unpaired) electrons. The third-order valence-electron chi connectivity index (χ3n) is 5.11. The molecule has 0 aromatic heterocycles. The SMILES string of the molecule is CCC1COCCN1C1(CN)CCN(C2CC2)C1. The van der Waals surface area contributed by atoms with Gasteiger partial charge in [0.15, 0.2) is 0 Å². The van der Waals surface area contributed by atoms with Crippen LogP contribution in [0, 0.1) is 0 Å². The lowest BCUT2D eigenvalue weighted by molar-refractivity contribution is -0.0607. The van der Waals surface area contributed by atoms with Crippen molar-refractivity contribution in [1.82, 2.24) is 9.80 Å². The fraction of sp³-hybridized carbons (Fsp3) is 1.00. The molecule has 0 spiro atoms. The van der Waals surface area contributed by atoms with Crippen molar-refractivity contribution in [1.29, 1.82) is 0 Å². The molecule has 4 nitrogen and oxygen atoms in total. The van der Waals surface area contributed by atoms with Crippen LogP contribution in [0.25, 0.3) is 0 Å². The van der Waals surface area contributed by atoms with E-state index in [1.54, 1.807) is 0 Å². The summed E-state index contributed by atoms with van der Waals surface area (Å²) >= 11 is 0. The van der Waals surface area contributed by atoms with Crippen molar-refractivity contribution in [3.8, 4) is 0 Å². The number of likely N-dealkylation sites (tertiary alicyclic amines) is 1. The largest absolute Gasteiger partial charge is 0.378 e. The average molecular weight is 253 g/mol.